The highest BCUT2D eigenvalue weighted by atomic mass is 79.9. The van der Waals surface area contributed by atoms with E-state index in [-0.39, 0.29) is 5.56 Å². The van der Waals surface area contributed by atoms with E-state index in [0.29, 0.717) is 17.1 Å². The summed E-state index contributed by atoms with van der Waals surface area (Å²) in [4.78, 5) is 12.0. The van der Waals surface area contributed by atoms with E-state index in [9.17, 15) is 4.79 Å². The van der Waals surface area contributed by atoms with Crippen LogP contribution in [-0.2, 0) is 6.54 Å². The summed E-state index contributed by atoms with van der Waals surface area (Å²) in [5, 5.41) is 10.8. The number of hydrogen-bond acceptors (Lipinski definition) is 4. The molecule has 0 bridgehead atoms. The summed E-state index contributed by atoms with van der Waals surface area (Å²) >= 11 is 3.33. The second-order valence-electron chi connectivity index (χ2n) is 4.66. The highest BCUT2D eigenvalue weighted by molar-refractivity contribution is 9.10. The summed E-state index contributed by atoms with van der Waals surface area (Å²) in [7, 11) is 0. The molecule has 1 aliphatic rings. The van der Waals surface area contributed by atoms with Gasteiger partial charge in [-0.2, -0.15) is 5.10 Å². The second kappa shape index (κ2) is 6.86. The van der Waals surface area contributed by atoms with Crippen LogP contribution in [0.2, 0.25) is 0 Å². The Hall–Kier alpha value is -1.14. The zero-order chi connectivity index (χ0) is 13.7. The molecule has 0 radical (unpaired) electrons. The molecule has 0 amide bonds. The van der Waals surface area contributed by atoms with Crippen molar-refractivity contribution in [3.8, 4) is 0 Å². The third-order valence-electron chi connectivity index (χ3n) is 3.26. The first-order valence-corrected chi connectivity index (χ1v) is 7.35. The summed E-state index contributed by atoms with van der Waals surface area (Å²) in [6, 6.07) is 0.598. The molecule has 1 aromatic heterocycles. The molecule has 0 aromatic carbocycles. The van der Waals surface area contributed by atoms with Crippen LogP contribution in [0.3, 0.4) is 0 Å². The van der Waals surface area contributed by atoms with E-state index in [1.807, 2.05) is 0 Å². The van der Waals surface area contributed by atoms with Gasteiger partial charge in [0.15, 0.2) is 0 Å². The Labute approximate surface area is 121 Å². The molecule has 2 rings (SSSR count). The van der Waals surface area contributed by atoms with E-state index in [1.54, 1.807) is 12.3 Å². The summed E-state index contributed by atoms with van der Waals surface area (Å²) < 4.78 is 1.91. The number of allylic oxidation sites excluding steroid dienone is 1. The minimum absolute atomic E-state index is 0.135. The maximum Gasteiger partial charge on any atom is 0.283 e. The van der Waals surface area contributed by atoms with Crippen LogP contribution < -0.4 is 16.2 Å². The number of nitrogens with one attached hydrogen (secondary N) is 2. The number of rotatable bonds is 6. The fourth-order valence-electron chi connectivity index (χ4n) is 2.22. The molecule has 0 saturated carbocycles. The van der Waals surface area contributed by atoms with Crippen LogP contribution in [0.5, 0.6) is 0 Å². The maximum absolute atomic E-state index is 12.0. The lowest BCUT2D eigenvalue weighted by Crippen LogP contribution is -2.26. The van der Waals surface area contributed by atoms with Crippen LogP contribution in [0.15, 0.2) is 28.1 Å². The van der Waals surface area contributed by atoms with Gasteiger partial charge >= 0.3 is 0 Å². The van der Waals surface area contributed by atoms with Crippen molar-refractivity contribution in [3.63, 3.8) is 0 Å². The average Bonchev–Trinajstić information content (AvgIpc) is 2.91. The molecule has 1 atom stereocenters. The standard InChI is InChI=1S/C13H19BrN4O/c1-2-8-18-13(19)12(14)11(9-17-18)16-7-5-10-4-3-6-15-10/h2,9-10,15-16H,1,3-8H2. The molecule has 1 aromatic rings. The predicted molar refractivity (Wildman–Crippen MR) is 80.5 cm³/mol. The van der Waals surface area contributed by atoms with E-state index in [4.69, 9.17) is 0 Å². The molecule has 104 valence electrons. The van der Waals surface area contributed by atoms with Crippen molar-refractivity contribution < 1.29 is 0 Å². The Kier molecular flexibility index (Phi) is 5.15. The van der Waals surface area contributed by atoms with Gasteiger partial charge in [-0.25, -0.2) is 4.68 Å². The lowest BCUT2D eigenvalue weighted by molar-refractivity contribution is 0.574. The molecular formula is C13H19BrN4O. The molecule has 1 fully saturated rings. The molecule has 6 heteroatoms. The van der Waals surface area contributed by atoms with Gasteiger partial charge in [0.25, 0.3) is 5.56 Å². The number of hydrogen-bond donors (Lipinski definition) is 2. The van der Waals surface area contributed by atoms with Gasteiger partial charge in [-0.05, 0) is 41.7 Å². The predicted octanol–water partition coefficient (Wildman–Crippen LogP) is 1.75. The van der Waals surface area contributed by atoms with Crippen molar-refractivity contribution in [1.29, 1.82) is 0 Å². The monoisotopic (exact) mass is 326 g/mol. The fourth-order valence-corrected chi connectivity index (χ4v) is 2.67. The summed E-state index contributed by atoms with van der Waals surface area (Å²) in [6.45, 7) is 5.98. The van der Waals surface area contributed by atoms with Crippen LogP contribution in [0.1, 0.15) is 19.3 Å². The first-order chi connectivity index (χ1) is 9.22. The Morgan fingerprint density at radius 2 is 2.53 bits per heavy atom. The van der Waals surface area contributed by atoms with E-state index >= 15 is 0 Å². The van der Waals surface area contributed by atoms with Gasteiger partial charge in [-0.3, -0.25) is 4.79 Å². The van der Waals surface area contributed by atoms with Gasteiger partial charge in [-0.1, -0.05) is 6.08 Å². The molecule has 2 heterocycles. The largest absolute Gasteiger partial charge is 0.383 e. The molecule has 2 N–H and O–H groups in total. The maximum atomic E-state index is 12.0. The van der Waals surface area contributed by atoms with Crippen LogP contribution >= 0.6 is 15.9 Å². The van der Waals surface area contributed by atoms with Gasteiger partial charge in [-0.15, -0.1) is 6.58 Å². The SMILES string of the molecule is C=CCn1ncc(NCCC2CCCN2)c(Br)c1=O. The van der Waals surface area contributed by atoms with Crippen LogP contribution in [0.4, 0.5) is 5.69 Å². The van der Waals surface area contributed by atoms with E-state index in [0.717, 1.165) is 25.2 Å². The highest BCUT2D eigenvalue weighted by Gasteiger charge is 2.14. The van der Waals surface area contributed by atoms with Crippen LogP contribution in [0, 0.1) is 0 Å². The molecular weight excluding hydrogens is 308 g/mol. The normalized spacial score (nSPS) is 18.5. The van der Waals surface area contributed by atoms with E-state index < -0.39 is 0 Å². The Balaban J connectivity index is 1.94. The molecule has 19 heavy (non-hydrogen) atoms. The zero-order valence-corrected chi connectivity index (χ0v) is 12.4. The van der Waals surface area contributed by atoms with Gasteiger partial charge in [0, 0.05) is 12.6 Å². The van der Waals surface area contributed by atoms with Gasteiger partial charge in [0.2, 0.25) is 0 Å². The molecule has 1 saturated heterocycles. The van der Waals surface area contributed by atoms with Crippen molar-refractivity contribution in [2.75, 3.05) is 18.4 Å². The fraction of sp³-hybridized carbons (Fsp3) is 0.538. The first kappa shape index (κ1) is 14.3. The van der Waals surface area contributed by atoms with Gasteiger partial charge in [0.1, 0.15) is 4.47 Å². The number of aromatic nitrogens is 2. The van der Waals surface area contributed by atoms with Crippen LogP contribution in [0.25, 0.3) is 0 Å². The second-order valence-corrected chi connectivity index (χ2v) is 5.45. The molecule has 1 unspecified atom stereocenters. The molecule has 5 nitrogen and oxygen atoms in total. The van der Waals surface area contributed by atoms with E-state index in [2.05, 4.69) is 38.2 Å². The molecule has 0 aliphatic carbocycles. The zero-order valence-electron chi connectivity index (χ0n) is 10.9. The minimum atomic E-state index is -0.135. The Bertz CT molecular complexity index is 494. The average molecular weight is 327 g/mol. The first-order valence-electron chi connectivity index (χ1n) is 6.56. The Morgan fingerprint density at radius 3 is 3.21 bits per heavy atom. The quantitative estimate of drug-likeness (QED) is 0.782. The number of anilines is 1. The minimum Gasteiger partial charge on any atom is -0.383 e. The van der Waals surface area contributed by atoms with Crippen molar-refractivity contribution in [3.05, 3.63) is 33.7 Å². The third kappa shape index (κ3) is 3.67. The van der Waals surface area contributed by atoms with E-state index in [1.165, 1.54) is 17.5 Å². The van der Waals surface area contributed by atoms with Gasteiger partial charge < -0.3 is 10.6 Å². The highest BCUT2D eigenvalue weighted by Crippen LogP contribution is 2.16. The van der Waals surface area contributed by atoms with Crippen molar-refractivity contribution in [2.45, 2.75) is 31.8 Å². The third-order valence-corrected chi connectivity index (χ3v) is 4.02. The number of halogens is 1. The summed E-state index contributed by atoms with van der Waals surface area (Å²) in [6.07, 6.45) is 6.88. The van der Waals surface area contributed by atoms with Crippen molar-refractivity contribution in [2.24, 2.45) is 0 Å². The topological polar surface area (TPSA) is 59.0 Å². The molecule has 1 aliphatic heterocycles. The Morgan fingerprint density at radius 1 is 1.68 bits per heavy atom. The van der Waals surface area contributed by atoms with Crippen LogP contribution in [-0.4, -0.2) is 28.9 Å². The van der Waals surface area contributed by atoms with Crippen molar-refractivity contribution in [1.82, 2.24) is 15.1 Å². The molecule has 0 spiro atoms. The lowest BCUT2D eigenvalue weighted by atomic mass is 10.1. The number of nitrogens with zero attached hydrogens (tertiary/aromatic N) is 2. The summed E-state index contributed by atoms with van der Waals surface area (Å²) in [5.74, 6) is 0. The van der Waals surface area contributed by atoms with Crippen molar-refractivity contribution >= 4 is 21.6 Å². The van der Waals surface area contributed by atoms with Gasteiger partial charge in [0.05, 0.1) is 18.4 Å². The smallest absolute Gasteiger partial charge is 0.283 e. The summed E-state index contributed by atoms with van der Waals surface area (Å²) in [5.41, 5.74) is 0.618. The lowest BCUT2D eigenvalue weighted by Gasteiger charge is -2.12.